The maximum Gasteiger partial charge on any atom is 0.198 e. The van der Waals surface area contributed by atoms with Gasteiger partial charge in [0.15, 0.2) is 10.6 Å². The van der Waals surface area contributed by atoms with E-state index in [1.807, 2.05) is 19.2 Å². The minimum Gasteiger partial charge on any atom is -0.490 e. The number of hydrogen-bond donors (Lipinski definition) is 1. The molecule has 3 rings (SSSR count). The molecule has 1 aliphatic heterocycles. The molecule has 1 fully saturated rings. The third-order valence-electron chi connectivity index (χ3n) is 4.46. The van der Waals surface area contributed by atoms with Crippen molar-refractivity contribution in [3.8, 4) is 5.75 Å². The van der Waals surface area contributed by atoms with Crippen molar-refractivity contribution < 1.29 is 9.84 Å². The van der Waals surface area contributed by atoms with Crippen LogP contribution in [0.1, 0.15) is 24.2 Å². The fourth-order valence-electron chi connectivity index (χ4n) is 2.93. The molecule has 0 spiro atoms. The van der Waals surface area contributed by atoms with Crippen LogP contribution < -0.4 is 4.74 Å². The maximum absolute atomic E-state index is 9.28. The normalized spacial score (nSPS) is 16.5. The van der Waals surface area contributed by atoms with Gasteiger partial charge < -0.3 is 14.4 Å². The fraction of sp³-hybridized carbons (Fsp3) is 0.529. The Bertz CT molecular complexity index is 730. The van der Waals surface area contributed by atoms with E-state index in [2.05, 4.69) is 29.1 Å². The molecular weight excluding hydrogens is 324 g/mol. The highest BCUT2D eigenvalue weighted by Crippen LogP contribution is 2.20. The number of likely N-dealkylation sites (tertiary alicyclic amines) is 1. The van der Waals surface area contributed by atoms with Crippen molar-refractivity contribution in [1.29, 1.82) is 0 Å². The van der Waals surface area contributed by atoms with Gasteiger partial charge in [-0.15, -0.1) is 0 Å². The predicted octanol–water partition coefficient (Wildman–Crippen LogP) is 2.25. The fourth-order valence-corrected chi connectivity index (χ4v) is 3.13. The van der Waals surface area contributed by atoms with Gasteiger partial charge in [-0.3, -0.25) is 4.90 Å². The number of aliphatic hydroxyl groups excluding tert-OH is 1. The predicted molar refractivity (Wildman–Crippen MR) is 94.4 cm³/mol. The van der Waals surface area contributed by atoms with Crippen molar-refractivity contribution in [2.24, 2.45) is 7.05 Å². The highest BCUT2D eigenvalue weighted by atomic mass is 32.1. The molecule has 24 heavy (non-hydrogen) atoms. The molecule has 2 heterocycles. The lowest BCUT2D eigenvalue weighted by Crippen LogP contribution is -2.39. The molecule has 0 radical (unpaired) electrons. The van der Waals surface area contributed by atoms with Crippen molar-refractivity contribution in [3.63, 3.8) is 0 Å². The topological polar surface area (TPSA) is 55.4 Å². The van der Waals surface area contributed by atoms with Gasteiger partial charge in [-0.25, -0.2) is 4.68 Å². The molecular formula is C17H24N4O2S. The van der Waals surface area contributed by atoms with E-state index in [0.29, 0.717) is 17.3 Å². The van der Waals surface area contributed by atoms with E-state index in [4.69, 9.17) is 17.0 Å². The lowest BCUT2D eigenvalue weighted by Gasteiger charge is -2.31. The molecule has 1 N–H and O–H groups in total. The molecule has 1 saturated heterocycles. The Hall–Kier alpha value is -1.70. The highest BCUT2D eigenvalue weighted by molar-refractivity contribution is 7.71. The van der Waals surface area contributed by atoms with Gasteiger partial charge in [0.05, 0.1) is 6.67 Å². The van der Waals surface area contributed by atoms with E-state index in [0.717, 1.165) is 31.7 Å². The second-order valence-electron chi connectivity index (χ2n) is 6.31. The molecule has 1 aliphatic rings. The summed E-state index contributed by atoms with van der Waals surface area (Å²) < 4.78 is 10.2. The molecule has 0 saturated carbocycles. The van der Waals surface area contributed by atoms with Crippen LogP contribution in [0.4, 0.5) is 0 Å². The van der Waals surface area contributed by atoms with Crippen molar-refractivity contribution in [3.05, 3.63) is 40.4 Å². The quantitative estimate of drug-likeness (QED) is 0.840. The van der Waals surface area contributed by atoms with E-state index < -0.39 is 0 Å². The van der Waals surface area contributed by atoms with E-state index in [9.17, 15) is 5.11 Å². The van der Waals surface area contributed by atoms with Gasteiger partial charge in [-0.05, 0) is 44.1 Å². The second-order valence-corrected chi connectivity index (χ2v) is 6.67. The average molecular weight is 348 g/mol. The molecule has 1 aromatic heterocycles. The molecule has 0 bridgehead atoms. The number of aromatic nitrogens is 3. The van der Waals surface area contributed by atoms with Gasteiger partial charge in [0.25, 0.3) is 0 Å². The first-order chi connectivity index (χ1) is 11.6. The first-order valence-corrected chi connectivity index (χ1v) is 8.67. The van der Waals surface area contributed by atoms with Crippen molar-refractivity contribution >= 4 is 12.2 Å². The number of rotatable bonds is 5. The van der Waals surface area contributed by atoms with Crippen LogP contribution in [0, 0.1) is 11.7 Å². The Morgan fingerprint density at radius 3 is 2.50 bits per heavy atom. The van der Waals surface area contributed by atoms with E-state index in [1.54, 1.807) is 9.25 Å². The molecule has 1 aromatic carbocycles. The minimum atomic E-state index is -0.0976. The molecule has 0 unspecified atom stereocenters. The van der Waals surface area contributed by atoms with Gasteiger partial charge in [-0.2, -0.15) is 5.10 Å². The molecule has 2 aromatic rings. The number of aryl methyl sites for hydroxylation is 1. The Kier molecular flexibility index (Phi) is 5.33. The summed E-state index contributed by atoms with van der Waals surface area (Å²) in [6.45, 7) is 4.53. The Balaban J connectivity index is 1.53. The standard InChI is InChI=1S/C17H24N4O2S/c1-13-3-5-14(6-4-13)23-15-7-9-20(10-8-15)12-21-17(24)19(2)16(11-22)18-21/h3-6,15,22H,7-12H2,1-2H3. The van der Waals surface area contributed by atoms with Crippen molar-refractivity contribution in [2.75, 3.05) is 13.1 Å². The summed E-state index contributed by atoms with van der Waals surface area (Å²) in [5, 5.41) is 13.7. The molecule has 0 amide bonds. The summed E-state index contributed by atoms with van der Waals surface area (Å²) in [6.07, 6.45) is 2.23. The highest BCUT2D eigenvalue weighted by Gasteiger charge is 2.21. The van der Waals surface area contributed by atoms with Crippen molar-refractivity contribution in [2.45, 2.75) is 39.1 Å². The van der Waals surface area contributed by atoms with Crippen LogP contribution in [-0.2, 0) is 20.3 Å². The summed E-state index contributed by atoms with van der Waals surface area (Å²) in [5.41, 5.74) is 1.24. The van der Waals surface area contributed by atoms with Gasteiger partial charge in [0.1, 0.15) is 18.5 Å². The first kappa shape index (κ1) is 17.1. The Morgan fingerprint density at radius 2 is 1.92 bits per heavy atom. The van der Waals surface area contributed by atoms with Crippen molar-refractivity contribution in [1.82, 2.24) is 19.2 Å². The van der Waals surface area contributed by atoms with Gasteiger partial charge in [0, 0.05) is 20.1 Å². The maximum atomic E-state index is 9.28. The molecule has 6 nitrogen and oxygen atoms in total. The third kappa shape index (κ3) is 3.85. The van der Waals surface area contributed by atoms with Crippen LogP contribution in [-0.4, -0.2) is 43.5 Å². The lowest BCUT2D eigenvalue weighted by atomic mass is 10.1. The summed E-state index contributed by atoms with van der Waals surface area (Å²) in [5.74, 6) is 1.54. The molecule has 0 atom stereocenters. The van der Waals surface area contributed by atoms with Crippen LogP contribution in [0.15, 0.2) is 24.3 Å². The number of hydrogen-bond acceptors (Lipinski definition) is 5. The van der Waals surface area contributed by atoms with Gasteiger partial charge in [-0.1, -0.05) is 17.7 Å². The summed E-state index contributed by atoms with van der Waals surface area (Å²) in [4.78, 5) is 2.32. The SMILES string of the molecule is Cc1ccc(OC2CCN(Cn3nc(CO)n(C)c3=S)CC2)cc1. The molecule has 7 heteroatoms. The zero-order chi connectivity index (χ0) is 17.1. The number of nitrogens with zero attached hydrogens (tertiary/aromatic N) is 4. The van der Waals surface area contributed by atoms with E-state index >= 15 is 0 Å². The van der Waals surface area contributed by atoms with Crippen LogP contribution in [0.5, 0.6) is 5.75 Å². The van der Waals surface area contributed by atoms with Gasteiger partial charge >= 0.3 is 0 Å². The monoisotopic (exact) mass is 348 g/mol. The first-order valence-electron chi connectivity index (χ1n) is 8.26. The summed E-state index contributed by atoms with van der Waals surface area (Å²) in [7, 11) is 1.83. The second kappa shape index (κ2) is 7.46. The average Bonchev–Trinajstić information content (AvgIpc) is 2.86. The lowest BCUT2D eigenvalue weighted by molar-refractivity contribution is 0.0799. The smallest absolute Gasteiger partial charge is 0.198 e. The number of piperidine rings is 1. The largest absolute Gasteiger partial charge is 0.490 e. The van der Waals surface area contributed by atoms with Crippen LogP contribution in [0.2, 0.25) is 0 Å². The van der Waals surface area contributed by atoms with Crippen LogP contribution in [0.25, 0.3) is 0 Å². The number of benzene rings is 1. The third-order valence-corrected chi connectivity index (χ3v) is 4.95. The molecule has 130 valence electrons. The van der Waals surface area contributed by atoms with Crippen LogP contribution >= 0.6 is 12.2 Å². The van der Waals surface area contributed by atoms with Crippen LogP contribution in [0.3, 0.4) is 0 Å². The van der Waals surface area contributed by atoms with E-state index in [1.165, 1.54) is 5.56 Å². The minimum absolute atomic E-state index is 0.0976. The molecule has 0 aliphatic carbocycles. The summed E-state index contributed by atoms with van der Waals surface area (Å²) in [6, 6.07) is 8.22. The number of aliphatic hydroxyl groups is 1. The summed E-state index contributed by atoms with van der Waals surface area (Å²) >= 11 is 5.37. The number of ether oxygens (including phenoxy) is 1. The van der Waals surface area contributed by atoms with Gasteiger partial charge in [0.2, 0.25) is 0 Å². The zero-order valence-corrected chi connectivity index (χ0v) is 15.0. The zero-order valence-electron chi connectivity index (χ0n) is 14.2. The van der Waals surface area contributed by atoms with E-state index in [-0.39, 0.29) is 12.7 Å². The Labute approximate surface area is 147 Å². The Morgan fingerprint density at radius 1 is 1.25 bits per heavy atom.